The van der Waals surface area contributed by atoms with Gasteiger partial charge in [0, 0.05) is 5.56 Å². The monoisotopic (exact) mass is 543 g/mol. The van der Waals surface area contributed by atoms with Gasteiger partial charge in [-0.3, -0.25) is 19.5 Å². The second kappa shape index (κ2) is 11.1. The highest BCUT2D eigenvalue weighted by molar-refractivity contribution is 7.99. The number of carbonyl (C=O) groups is 2. The normalized spacial score (nSPS) is 11.0. The molecule has 0 radical (unpaired) electrons. The van der Waals surface area contributed by atoms with Gasteiger partial charge in [-0.05, 0) is 54.8 Å². The van der Waals surface area contributed by atoms with E-state index >= 15 is 0 Å². The van der Waals surface area contributed by atoms with Crippen molar-refractivity contribution in [1.29, 1.82) is 0 Å². The Morgan fingerprint density at radius 2 is 1.76 bits per heavy atom. The van der Waals surface area contributed by atoms with Crippen LogP contribution in [0.2, 0.25) is 0 Å². The molecule has 3 aromatic carbocycles. The summed E-state index contributed by atoms with van der Waals surface area (Å²) in [6.07, 6.45) is 0. The first-order valence-corrected chi connectivity index (χ1v) is 13.7. The van der Waals surface area contributed by atoms with Gasteiger partial charge in [-0.15, -0.1) is 20.4 Å². The molecule has 0 fully saturated rings. The van der Waals surface area contributed by atoms with Gasteiger partial charge in [0.05, 0.1) is 18.0 Å². The Hall–Kier alpha value is -4.09. The van der Waals surface area contributed by atoms with Crippen LogP contribution in [0.4, 0.5) is 5.13 Å². The van der Waals surface area contributed by atoms with Crippen LogP contribution >= 0.6 is 23.1 Å². The zero-order chi connectivity index (χ0) is 26.6. The molecule has 9 nitrogen and oxygen atoms in total. The number of fused-ring (bicyclic) bond motifs is 1. The molecular formula is C27H25N7O2S2. The molecule has 0 saturated carbocycles. The predicted molar refractivity (Wildman–Crippen MR) is 150 cm³/mol. The maximum Gasteiger partial charge on any atom is 0.252 e. The Balaban J connectivity index is 1.38. The minimum atomic E-state index is -0.215. The van der Waals surface area contributed by atoms with E-state index in [-0.39, 0.29) is 24.1 Å². The standard InChI is InChI=1S/C27H25N7O2S2/c1-16-11-12-17(2)22(13-16)34-23(14-28-25(36)21-10-6-8-19-7-4-5-9-20(19)21)31-33-27(34)37-15-24(35)29-26-32-30-18(3)38-26/h4-13H,14-15H2,1-3H3,(H,28,36)(H,29,32,35). The number of hydrogen-bond donors (Lipinski definition) is 2. The van der Waals surface area contributed by atoms with E-state index in [2.05, 4.69) is 31.0 Å². The van der Waals surface area contributed by atoms with Crippen molar-refractivity contribution in [2.24, 2.45) is 0 Å². The number of thioether (sulfide) groups is 1. The summed E-state index contributed by atoms with van der Waals surface area (Å²) in [5, 5.41) is 26.0. The zero-order valence-corrected chi connectivity index (χ0v) is 22.7. The number of amides is 2. The molecular weight excluding hydrogens is 518 g/mol. The van der Waals surface area contributed by atoms with Gasteiger partial charge in [-0.25, -0.2) is 0 Å². The van der Waals surface area contributed by atoms with E-state index in [0.717, 1.165) is 32.6 Å². The van der Waals surface area contributed by atoms with Crippen molar-refractivity contribution in [2.75, 3.05) is 11.1 Å². The fourth-order valence-corrected chi connectivity index (χ4v) is 5.39. The number of carbonyl (C=O) groups excluding carboxylic acids is 2. The van der Waals surface area contributed by atoms with Crippen LogP contribution in [0, 0.1) is 20.8 Å². The number of nitrogens with zero attached hydrogens (tertiary/aromatic N) is 5. The Bertz CT molecular complexity index is 1640. The van der Waals surface area contributed by atoms with Crippen molar-refractivity contribution in [3.05, 3.63) is 88.2 Å². The molecule has 0 aliphatic rings. The van der Waals surface area contributed by atoms with Crippen LogP contribution < -0.4 is 10.6 Å². The summed E-state index contributed by atoms with van der Waals surface area (Å²) >= 11 is 2.58. The summed E-state index contributed by atoms with van der Waals surface area (Å²) < 4.78 is 1.90. The molecule has 38 heavy (non-hydrogen) atoms. The fourth-order valence-electron chi connectivity index (χ4n) is 4.02. The summed E-state index contributed by atoms with van der Waals surface area (Å²) in [5.74, 6) is 0.268. The van der Waals surface area contributed by atoms with E-state index in [9.17, 15) is 9.59 Å². The molecule has 2 aromatic heterocycles. The van der Waals surface area contributed by atoms with Gasteiger partial charge in [-0.2, -0.15) is 0 Å². The molecule has 2 heterocycles. The topological polar surface area (TPSA) is 115 Å². The summed E-state index contributed by atoms with van der Waals surface area (Å²) in [7, 11) is 0. The lowest BCUT2D eigenvalue weighted by Crippen LogP contribution is -2.25. The second-order valence-corrected chi connectivity index (χ2v) is 10.8. The van der Waals surface area contributed by atoms with Gasteiger partial charge in [0.2, 0.25) is 11.0 Å². The number of rotatable bonds is 8. The quantitative estimate of drug-likeness (QED) is 0.269. The highest BCUT2D eigenvalue weighted by Gasteiger charge is 2.19. The lowest BCUT2D eigenvalue weighted by molar-refractivity contribution is -0.113. The van der Waals surface area contributed by atoms with Gasteiger partial charge < -0.3 is 5.32 Å². The number of benzene rings is 3. The average Bonchev–Trinajstić information content (AvgIpc) is 3.52. The molecule has 192 valence electrons. The van der Waals surface area contributed by atoms with Crippen LogP contribution in [0.15, 0.2) is 65.8 Å². The summed E-state index contributed by atoms with van der Waals surface area (Å²) in [6.45, 7) is 6.01. The Morgan fingerprint density at radius 3 is 2.58 bits per heavy atom. The number of aromatic nitrogens is 5. The van der Waals surface area contributed by atoms with Crippen LogP contribution in [0.1, 0.15) is 32.3 Å². The Labute approximate surface area is 227 Å². The first kappa shape index (κ1) is 25.6. The molecule has 0 atom stereocenters. The molecule has 2 N–H and O–H groups in total. The lowest BCUT2D eigenvalue weighted by Gasteiger charge is -2.14. The zero-order valence-electron chi connectivity index (χ0n) is 21.1. The molecule has 2 amide bonds. The predicted octanol–water partition coefficient (Wildman–Crippen LogP) is 4.86. The second-order valence-electron chi connectivity index (χ2n) is 8.70. The van der Waals surface area contributed by atoms with Crippen LogP contribution in [-0.2, 0) is 11.3 Å². The lowest BCUT2D eigenvalue weighted by atomic mass is 10.0. The molecule has 0 spiro atoms. The smallest absolute Gasteiger partial charge is 0.252 e. The van der Waals surface area contributed by atoms with Crippen LogP contribution in [-0.4, -0.2) is 42.5 Å². The maximum absolute atomic E-state index is 13.2. The molecule has 5 aromatic rings. The third kappa shape index (κ3) is 5.58. The van der Waals surface area contributed by atoms with E-state index in [0.29, 0.717) is 21.7 Å². The molecule has 0 unspecified atom stereocenters. The van der Waals surface area contributed by atoms with Gasteiger partial charge in [0.1, 0.15) is 5.01 Å². The number of nitrogens with one attached hydrogen (secondary N) is 2. The van der Waals surface area contributed by atoms with Crippen molar-refractivity contribution in [1.82, 2.24) is 30.3 Å². The maximum atomic E-state index is 13.2. The Morgan fingerprint density at radius 1 is 0.947 bits per heavy atom. The van der Waals surface area contributed by atoms with Crippen molar-refractivity contribution < 1.29 is 9.59 Å². The highest BCUT2D eigenvalue weighted by atomic mass is 32.2. The van der Waals surface area contributed by atoms with Crippen molar-refractivity contribution in [2.45, 2.75) is 32.5 Å². The number of anilines is 1. The molecule has 11 heteroatoms. The van der Waals surface area contributed by atoms with Gasteiger partial charge >= 0.3 is 0 Å². The average molecular weight is 544 g/mol. The van der Waals surface area contributed by atoms with Crippen LogP contribution in [0.25, 0.3) is 16.5 Å². The highest BCUT2D eigenvalue weighted by Crippen LogP contribution is 2.26. The molecule has 0 aliphatic carbocycles. The third-order valence-corrected chi connectivity index (χ3v) is 7.54. The summed E-state index contributed by atoms with van der Waals surface area (Å²) in [4.78, 5) is 25.7. The largest absolute Gasteiger partial charge is 0.345 e. The number of aryl methyl sites for hydroxylation is 3. The van der Waals surface area contributed by atoms with E-state index in [1.807, 2.05) is 86.0 Å². The number of hydrogen-bond acceptors (Lipinski definition) is 8. The van der Waals surface area contributed by atoms with Crippen molar-refractivity contribution in [3.63, 3.8) is 0 Å². The van der Waals surface area contributed by atoms with Gasteiger partial charge in [-0.1, -0.05) is 71.6 Å². The van der Waals surface area contributed by atoms with Crippen molar-refractivity contribution >= 4 is 50.8 Å². The summed E-state index contributed by atoms with van der Waals surface area (Å²) in [5.41, 5.74) is 3.59. The van der Waals surface area contributed by atoms with E-state index < -0.39 is 0 Å². The van der Waals surface area contributed by atoms with Crippen LogP contribution in [0.5, 0.6) is 0 Å². The van der Waals surface area contributed by atoms with E-state index in [4.69, 9.17) is 0 Å². The molecule has 0 bridgehead atoms. The third-order valence-electron chi connectivity index (χ3n) is 5.85. The first-order valence-electron chi connectivity index (χ1n) is 11.9. The van der Waals surface area contributed by atoms with Gasteiger partial charge in [0.25, 0.3) is 5.91 Å². The first-order chi connectivity index (χ1) is 18.4. The SMILES string of the molecule is Cc1ccc(C)c(-n2c(CNC(=O)c3cccc4ccccc34)nnc2SCC(=O)Nc2nnc(C)s2)c1. The summed E-state index contributed by atoms with van der Waals surface area (Å²) in [6, 6.07) is 19.6. The molecule has 0 aliphatic heterocycles. The van der Waals surface area contributed by atoms with E-state index in [1.165, 1.54) is 23.1 Å². The van der Waals surface area contributed by atoms with E-state index in [1.54, 1.807) is 0 Å². The van der Waals surface area contributed by atoms with Crippen LogP contribution in [0.3, 0.4) is 0 Å². The molecule has 5 rings (SSSR count). The Kier molecular flexibility index (Phi) is 7.47. The molecule has 0 saturated heterocycles. The fraction of sp³-hybridized carbons (Fsp3) is 0.185. The van der Waals surface area contributed by atoms with Crippen molar-refractivity contribution in [3.8, 4) is 5.69 Å². The minimum Gasteiger partial charge on any atom is -0.345 e. The minimum absolute atomic E-state index is 0.115. The van der Waals surface area contributed by atoms with Gasteiger partial charge in [0.15, 0.2) is 11.0 Å².